The fourth-order valence-electron chi connectivity index (χ4n) is 4.35. The number of nitrogens with zero attached hydrogens (tertiary/aromatic N) is 2. The summed E-state index contributed by atoms with van der Waals surface area (Å²) in [5.74, 6) is -3.86. The van der Waals surface area contributed by atoms with Crippen molar-refractivity contribution in [3.8, 4) is 0 Å². The molecule has 0 radical (unpaired) electrons. The molecular formula is C25H26F3N3O4. The van der Waals surface area contributed by atoms with Gasteiger partial charge in [0.2, 0.25) is 11.8 Å². The third-order valence-corrected chi connectivity index (χ3v) is 6.41. The zero-order chi connectivity index (χ0) is 25.4. The van der Waals surface area contributed by atoms with Crippen molar-refractivity contribution in [2.75, 3.05) is 43.2 Å². The third kappa shape index (κ3) is 4.45. The number of amides is 1. The van der Waals surface area contributed by atoms with Crippen LogP contribution in [0.1, 0.15) is 41.4 Å². The van der Waals surface area contributed by atoms with Crippen molar-refractivity contribution in [1.82, 2.24) is 0 Å². The molecule has 1 atom stereocenters. The number of halogens is 3. The van der Waals surface area contributed by atoms with Crippen molar-refractivity contribution < 1.29 is 27.1 Å². The SMILES string of the molecule is CCc1c(N2CCOCC2)oc2c(C(C)N(C)c3cc(F)cc(F)c3F)cc(C(N)=O)cc2c1=O. The van der Waals surface area contributed by atoms with Gasteiger partial charge in [-0.1, -0.05) is 6.92 Å². The van der Waals surface area contributed by atoms with Gasteiger partial charge in [-0.2, -0.15) is 0 Å². The number of carbonyl (C=O) groups is 1. The fourth-order valence-corrected chi connectivity index (χ4v) is 4.35. The highest BCUT2D eigenvalue weighted by atomic mass is 19.2. The molecule has 2 aromatic carbocycles. The van der Waals surface area contributed by atoms with Crippen LogP contribution in [0.4, 0.5) is 24.7 Å². The number of benzene rings is 2. The molecule has 0 spiro atoms. The van der Waals surface area contributed by atoms with Gasteiger partial charge in [0, 0.05) is 43.4 Å². The van der Waals surface area contributed by atoms with E-state index in [4.69, 9.17) is 14.9 Å². The van der Waals surface area contributed by atoms with Crippen molar-refractivity contribution in [1.29, 1.82) is 0 Å². The highest BCUT2D eigenvalue weighted by molar-refractivity contribution is 5.98. The van der Waals surface area contributed by atoms with Gasteiger partial charge in [-0.25, -0.2) is 13.2 Å². The summed E-state index contributed by atoms with van der Waals surface area (Å²) in [5, 5.41) is 0.149. The molecule has 1 fully saturated rings. The normalized spacial score (nSPS) is 14.9. The van der Waals surface area contributed by atoms with Crippen LogP contribution in [0.3, 0.4) is 0 Å². The molecule has 1 saturated heterocycles. The van der Waals surface area contributed by atoms with Crippen LogP contribution in [0.25, 0.3) is 11.0 Å². The quantitative estimate of drug-likeness (QED) is 0.529. The zero-order valence-corrected chi connectivity index (χ0v) is 19.7. The summed E-state index contributed by atoms with van der Waals surface area (Å²) < 4.78 is 54.1. The number of hydrogen-bond acceptors (Lipinski definition) is 6. The molecule has 0 bridgehead atoms. The van der Waals surface area contributed by atoms with Crippen molar-refractivity contribution >= 4 is 28.4 Å². The highest BCUT2D eigenvalue weighted by Gasteiger charge is 2.27. The van der Waals surface area contributed by atoms with Gasteiger partial charge in [0.05, 0.1) is 35.9 Å². The molecular weight excluding hydrogens is 463 g/mol. The lowest BCUT2D eigenvalue weighted by molar-refractivity contribution is 0.1000. The Bertz CT molecular complexity index is 1350. The molecule has 1 aromatic heterocycles. The van der Waals surface area contributed by atoms with Gasteiger partial charge < -0.3 is 24.7 Å². The van der Waals surface area contributed by atoms with E-state index in [2.05, 4.69) is 0 Å². The molecule has 1 aliphatic rings. The summed E-state index contributed by atoms with van der Waals surface area (Å²) in [6.07, 6.45) is 0.393. The Hall–Kier alpha value is -3.53. The van der Waals surface area contributed by atoms with Crippen LogP contribution in [0, 0.1) is 17.5 Å². The first kappa shape index (κ1) is 24.6. The molecule has 7 nitrogen and oxygen atoms in total. The van der Waals surface area contributed by atoms with Gasteiger partial charge >= 0.3 is 0 Å². The number of rotatable bonds is 6. The molecule has 186 valence electrons. The number of primary amides is 1. The molecule has 2 N–H and O–H groups in total. The minimum Gasteiger partial charge on any atom is -0.440 e. The molecule has 3 aromatic rings. The summed E-state index contributed by atoms with van der Waals surface area (Å²) in [6.45, 7) is 5.48. The summed E-state index contributed by atoms with van der Waals surface area (Å²) in [6, 6.07) is 3.40. The molecule has 10 heteroatoms. The number of carbonyl (C=O) groups excluding carboxylic acids is 1. The fraction of sp³-hybridized carbons (Fsp3) is 0.360. The Balaban J connectivity index is 1.96. The predicted octanol–water partition coefficient (Wildman–Crippen LogP) is 3.91. The van der Waals surface area contributed by atoms with Gasteiger partial charge in [0.1, 0.15) is 11.4 Å². The lowest BCUT2D eigenvalue weighted by Gasteiger charge is -2.31. The second-order valence-electron chi connectivity index (χ2n) is 8.48. The van der Waals surface area contributed by atoms with Crippen LogP contribution in [0.5, 0.6) is 0 Å². The molecule has 1 unspecified atom stereocenters. The first-order chi connectivity index (χ1) is 16.6. The minimum absolute atomic E-state index is 0.0621. The van der Waals surface area contributed by atoms with Crippen molar-refractivity contribution in [3.63, 3.8) is 0 Å². The molecule has 4 rings (SSSR count). The van der Waals surface area contributed by atoms with E-state index in [9.17, 15) is 22.8 Å². The van der Waals surface area contributed by atoms with E-state index in [1.165, 1.54) is 24.1 Å². The average molecular weight is 489 g/mol. The first-order valence-electron chi connectivity index (χ1n) is 11.3. The van der Waals surface area contributed by atoms with E-state index >= 15 is 0 Å². The lowest BCUT2D eigenvalue weighted by Crippen LogP contribution is -2.37. The van der Waals surface area contributed by atoms with Crippen molar-refractivity contribution in [2.24, 2.45) is 5.73 Å². The Morgan fingerprint density at radius 1 is 1.17 bits per heavy atom. The summed E-state index contributed by atoms with van der Waals surface area (Å²) in [7, 11) is 1.45. The van der Waals surface area contributed by atoms with Crippen LogP contribution in [0.2, 0.25) is 0 Å². The van der Waals surface area contributed by atoms with Crippen molar-refractivity contribution in [2.45, 2.75) is 26.3 Å². The largest absolute Gasteiger partial charge is 0.440 e. The second kappa shape index (κ2) is 9.61. The van der Waals surface area contributed by atoms with Gasteiger partial charge in [-0.15, -0.1) is 0 Å². The van der Waals surface area contributed by atoms with Crippen LogP contribution < -0.4 is 21.0 Å². The number of ether oxygens (including phenoxy) is 1. The third-order valence-electron chi connectivity index (χ3n) is 6.41. The number of anilines is 2. The lowest BCUT2D eigenvalue weighted by atomic mass is 9.98. The monoisotopic (exact) mass is 489 g/mol. The molecule has 1 amide bonds. The highest BCUT2D eigenvalue weighted by Crippen LogP contribution is 2.35. The number of morpholine rings is 1. The van der Waals surface area contributed by atoms with Crippen LogP contribution >= 0.6 is 0 Å². The smallest absolute Gasteiger partial charge is 0.248 e. The Morgan fingerprint density at radius 2 is 1.86 bits per heavy atom. The van der Waals surface area contributed by atoms with Gasteiger partial charge in [-0.3, -0.25) is 9.59 Å². The maximum absolute atomic E-state index is 14.5. The summed E-state index contributed by atoms with van der Waals surface area (Å²) >= 11 is 0. The van der Waals surface area contributed by atoms with Crippen LogP contribution in [-0.2, 0) is 11.2 Å². The molecule has 0 aliphatic carbocycles. The molecule has 2 heterocycles. The summed E-state index contributed by atoms with van der Waals surface area (Å²) in [5.41, 5.74) is 5.94. The van der Waals surface area contributed by atoms with Gasteiger partial charge in [-0.05, 0) is 25.5 Å². The number of nitrogens with two attached hydrogens (primary N) is 1. The Morgan fingerprint density at radius 3 is 2.49 bits per heavy atom. The van der Waals surface area contributed by atoms with Gasteiger partial charge in [0.15, 0.2) is 17.1 Å². The topological polar surface area (TPSA) is 89.0 Å². The maximum atomic E-state index is 14.5. The average Bonchev–Trinajstić information content (AvgIpc) is 2.85. The van der Waals surface area contributed by atoms with Crippen LogP contribution in [-0.4, -0.2) is 39.3 Å². The number of hydrogen-bond donors (Lipinski definition) is 1. The van der Waals surface area contributed by atoms with Crippen LogP contribution in [0.15, 0.2) is 33.5 Å². The van der Waals surface area contributed by atoms with E-state index in [1.54, 1.807) is 6.92 Å². The summed E-state index contributed by atoms with van der Waals surface area (Å²) in [4.78, 5) is 28.8. The predicted molar refractivity (Wildman–Crippen MR) is 127 cm³/mol. The zero-order valence-electron chi connectivity index (χ0n) is 19.7. The van der Waals surface area contributed by atoms with E-state index < -0.39 is 29.4 Å². The van der Waals surface area contributed by atoms with E-state index in [0.29, 0.717) is 55.8 Å². The molecule has 35 heavy (non-hydrogen) atoms. The van der Waals surface area contributed by atoms with Gasteiger partial charge in [0.25, 0.3) is 0 Å². The van der Waals surface area contributed by atoms with Crippen molar-refractivity contribution in [3.05, 3.63) is 68.6 Å². The molecule has 0 saturated carbocycles. The Kier molecular flexibility index (Phi) is 6.75. The van der Waals surface area contributed by atoms with E-state index in [1.807, 2.05) is 11.8 Å². The maximum Gasteiger partial charge on any atom is 0.248 e. The van der Waals surface area contributed by atoms with E-state index in [0.717, 1.165) is 6.07 Å². The number of fused-ring (bicyclic) bond motifs is 1. The minimum atomic E-state index is -1.33. The second-order valence-corrected chi connectivity index (χ2v) is 8.48. The van der Waals surface area contributed by atoms with E-state index in [-0.39, 0.29) is 27.6 Å². The molecule has 1 aliphatic heterocycles. The standard InChI is InChI=1S/C25H26F3N3O4/c1-4-16-22(32)18-10-14(24(29)33)9-17(23(18)35-25(16)31-5-7-34-8-6-31)13(2)30(3)20-12-15(26)11-19(27)21(20)28/h9-13H,4-8H2,1-3H3,(H2,29,33). The first-order valence-corrected chi connectivity index (χ1v) is 11.3. The Labute approximate surface area is 199 Å².